The first kappa shape index (κ1) is 54.3. The molecule has 0 aliphatic rings. The highest BCUT2D eigenvalue weighted by Gasteiger charge is 2.26. The van der Waals surface area contributed by atoms with Gasteiger partial charge in [0, 0.05) is 6.42 Å². The van der Waals surface area contributed by atoms with E-state index in [1.807, 2.05) is 0 Å². The van der Waals surface area contributed by atoms with E-state index in [1.165, 1.54) is 225 Å². The SMILES string of the molecule is CCCCCCCCCCCCCCCCCCCCCCCCCCCCCCCCC(=O)N[C@@H](CO)[C@H](O)[C@H](O)CCCCCCCCCCCCC. The van der Waals surface area contributed by atoms with E-state index >= 15 is 0 Å². The molecule has 330 valence electrons. The van der Waals surface area contributed by atoms with Crippen LogP contribution in [0.3, 0.4) is 0 Å². The number of aliphatic hydroxyl groups excluding tert-OH is 3. The monoisotopic (exact) mass is 780 g/mol. The largest absolute Gasteiger partial charge is 0.394 e. The van der Waals surface area contributed by atoms with Crippen molar-refractivity contribution < 1.29 is 20.1 Å². The van der Waals surface area contributed by atoms with E-state index in [2.05, 4.69) is 19.2 Å². The van der Waals surface area contributed by atoms with Crippen molar-refractivity contribution in [2.75, 3.05) is 6.61 Å². The Labute approximate surface area is 345 Å². The lowest BCUT2D eigenvalue weighted by molar-refractivity contribution is -0.124. The summed E-state index contributed by atoms with van der Waals surface area (Å²) in [6.07, 6.45) is 54.0. The first-order valence-electron chi connectivity index (χ1n) is 25.3. The molecule has 0 aromatic heterocycles. The van der Waals surface area contributed by atoms with E-state index < -0.39 is 18.2 Å². The summed E-state index contributed by atoms with van der Waals surface area (Å²) in [5.41, 5.74) is 0. The molecule has 0 aliphatic heterocycles. The minimum absolute atomic E-state index is 0.139. The molecule has 0 aromatic carbocycles. The summed E-state index contributed by atoms with van der Waals surface area (Å²) >= 11 is 0. The quantitative estimate of drug-likeness (QED) is 0.0463. The van der Waals surface area contributed by atoms with Crippen LogP contribution in [0.5, 0.6) is 0 Å². The van der Waals surface area contributed by atoms with Gasteiger partial charge in [-0.15, -0.1) is 0 Å². The third-order valence-corrected chi connectivity index (χ3v) is 12.2. The van der Waals surface area contributed by atoms with Crippen LogP contribution in [0.2, 0.25) is 0 Å². The van der Waals surface area contributed by atoms with Gasteiger partial charge >= 0.3 is 0 Å². The molecule has 0 heterocycles. The van der Waals surface area contributed by atoms with E-state index in [-0.39, 0.29) is 12.5 Å². The maximum absolute atomic E-state index is 12.4. The lowest BCUT2D eigenvalue weighted by atomic mass is 9.99. The maximum atomic E-state index is 12.4. The number of aliphatic hydroxyl groups is 3. The number of amides is 1. The normalized spacial score (nSPS) is 13.3. The van der Waals surface area contributed by atoms with Gasteiger partial charge < -0.3 is 20.6 Å². The van der Waals surface area contributed by atoms with Gasteiger partial charge in [-0.1, -0.05) is 271 Å². The lowest BCUT2D eigenvalue weighted by Crippen LogP contribution is -2.50. The van der Waals surface area contributed by atoms with Gasteiger partial charge in [-0.3, -0.25) is 4.79 Å². The zero-order chi connectivity index (χ0) is 40.1. The third kappa shape index (κ3) is 41.3. The van der Waals surface area contributed by atoms with Crippen molar-refractivity contribution in [3.05, 3.63) is 0 Å². The number of hydrogen-bond acceptors (Lipinski definition) is 4. The minimum Gasteiger partial charge on any atom is -0.394 e. The Balaban J connectivity index is 3.43. The molecule has 0 fully saturated rings. The number of carbonyl (C=O) groups is 1. The predicted octanol–water partition coefficient (Wildman–Crippen LogP) is 15.0. The van der Waals surface area contributed by atoms with Crippen LogP contribution in [0.15, 0.2) is 0 Å². The van der Waals surface area contributed by atoms with Crippen LogP contribution in [0.4, 0.5) is 0 Å². The van der Waals surface area contributed by atoms with Gasteiger partial charge in [0.05, 0.1) is 18.8 Å². The summed E-state index contributed by atoms with van der Waals surface area (Å²) in [5, 5.41) is 33.5. The Bertz CT molecular complexity index is 733. The Kier molecular flexibility index (Phi) is 45.5. The molecule has 0 rings (SSSR count). The Morgan fingerprint density at radius 1 is 0.382 bits per heavy atom. The Morgan fingerprint density at radius 2 is 0.618 bits per heavy atom. The molecule has 0 aliphatic carbocycles. The van der Waals surface area contributed by atoms with E-state index in [9.17, 15) is 20.1 Å². The minimum atomic E-state index is -1.13. The standard InChI is InChI=1S/C50H101NO4/c1-3-5-7-9-11-13-15-16-17-18-19-20-21-22-23-24-25-26-27-28-29-30-31-32-33-35-37-39-41-43-45-49(54)51-47(46-52)50(55)48(53)44-42-40-38-36-34-14-12-10-8-6-4-2/h47-48,50,52-53,55H,3-46H2,1-2H3,(H,51,54)/t47-,48+,50-/m0/s1. The van der Waals surface area contributed by atoms with Crippen LogP contribution in [0.1, 0.15) is 290 Å². The van der Waals surface area contributed by atoms with Gasteiger partial charge in [0.25, 0.3) is 0 Å². The lowest BCUT2D eigenvalue weighted by Gasteiger charge is -2.26. The summed E-state index contributed by atoms with van der Waals surface area (Å²) < 4.78 is 0. The van der Waals surface area contributed by atoms with Gasteiger partial charge in [-0.2, -0.15) is 0 Å². The van der Waals surface area contributed by atoms with E-state index in [0.717, 1.165) is 38.5 Å². The van der Waals surface area contributed by atoms with Crippen molar-refractivity contribution in [1.29, 1.82) is 0 Å². The molecule has 0 radical (unpaired) electrons. The summed E-state index contributed by atoms with van der Waals surface area (Å²) in [4.78, 5) is 12.4. The van der Waals surface area contributed by atoms with E-state index in [0.29, 0.717) is 12.8 Å². The summed E-state index contributed by atoms with van der Waals surface area (Å²) in [5.74, 6) is -0.139. The number of hydrogen-bond donors (Lipinski definition) is 4. The molecule has 0 spiro atoms. The molecular weight excluding hydrogens is 679 g/mol. The second kappa shape index (κ2) is 46.0. The molecule has 5 nitrogen and oxygen atoms in total. The highest BCUT2D eigenvalue weighted by molar-refractivity contribution is 5.76. The van der Waals surface area contributed by atoms with Gasteiger partial charge in [0.1, 0.15) is 6.10 Å². The molecule has 5 heteroatoms. The Morgan fingerprint density at radius 3 is 0.873 bits per heavy atom. The third-order valence-electron chi connectivity index (χ3n) is 12.2. The molecular formula is C50H101NO4. The topological polar surface area (TPSA) is 89.8 Å². The van der Waals surface area contributed by atoms with Crippen molar-refractivity contribution in [1.82, 2.24) is 5.32 Å². The van der Waals surface area contributed by atoms with Gasteiger partial charge in [-0.05, 0) is 12.8 Å². The smallest absolute Gasteiger partial charge is 0.220 e. The fourth-order valence-electron chi connectivity index (χ4n) is 8.28. The predicted molar refractivity (Wildman–Crippen MR) is 241 cm³/mol. The van der Waals surface area contributed by atoms with Crippen LogP contribution in [-0.4, -0.2) is 46.1 Å². The molecule has 0 bridgehead atoms. The zero-order valence-corrected chi connectivity index (χ0v) is 37.6. The van der Waals surface area contributed by atoms with Crippen molar-refractivity contribution >= 4 is 5.91 Å². The second-order valence-corrected chi connectivity index (χ2v) is 17.7. The van der Waals surface area contributed by atoms with Crippen LogP contribution in [0, 0.1) is 0 Å². The number of nitrogens with one attached hydrogen (secondary N) is 1. The van der Waals surface area contributed by atoms with Crippen LogP contribution in [0.25, 0.3) is 0 Å². The van der Waals surface area contributed by atoms with Crippen LogP contribution >= 0.6 is 0 Å². The summed E-state index contributed by atoms with van der Waals surface area (Å²) in [6.45, 7) is 4.19. The molecule has 0 saturated carbocycles. The van der Waals surface area contributed by atoms with Crippen LogP contribution in [-0.2, 0) is 4.79 Å². The molecule has 55 heavy (non-hydrogen) atoms. The molecule has 0 aromatic rings. The van der Waals surface area contributed by atoms with Gasteiger partial charge in [-0.25, -0.2) is 0 Å². The van der Waals surface area contributed by atoms with Crippen molar-refractivity contribution in [3.63, 3.8) is 0 Å². The van der Waals surface area contributed by atoms with E-state index in [4.69, 9.17) is 0 Å². The number of unbranched alkanes of at least 4 members (excludes halogenated alkanes) is 39. The average molecular weight is 780 g/mol. The molecule has 0 saturated heterocycles. The molecule has 3 atom stereocenters. The fraction of sp³-hybridized carbons (Fsp3) is 0.980. The second-order valence-electron chi connectivity index (χ2n) is 17.7. The van der Waals surface area contributed by atoms with Crippen LogP contribution < -0.4 is 5.32 Å². The molecule has 0 unspecified atom stereocenters. The summed E-state index contributed by atoms with van der Waals surface area (Å²) in [7, 11) is 0. The fourth-order valence-corrected chi connectivity index (χ4v) is 8.28. The highest BCUT2D eigenvalue weighted by atomic mass is 16.3. The zero-order valence-electron chi connectivity index (χ0n) is 37.6. The van der Waals surface area contributed by atoms with Gasteiger partial charge in [0.15, 0.2) is 0 Å². The Hall–Kier alpha value is -0.650. The molecule has 4 N–H and O–H groups in total. The maximum Gasteiger partial charge on any atom is 0.220 e. The van der Waals surface area contributed by atoms with Gasteiger partial charge in [0.2, 0.25) is 5.91 Å². The highest BCUT2D eigenvalue weighted by Crippen LogP contribution is 2.18. The first-order chi connectivity index (χ1) is 27.1. The van der Waals surface area contributed by atoms with E-state index in [1.54, 1.807) is 0 Å². The number of rotatable bonds is 47. The summed E-state index contributed by atoms with van der Waals surface area (Å²) in [6, 6.07) is -0.802. The average Bonchev–Trinajstić information content (AvgIpc) is 3.19. The van der Waals surface area contributed by atoms with Crippen molar-refractivity contribution in [3.8, 4) is 0 Å². The first-order valence-corrected chi connectivity index (χ1v) is 25.3. The number of carbonyl (C=O) groups excluding carboxylic acids is 1. The van der Waals surface area contributed by atoms with Crippen molar-refractivity contribution in [2.45, 2.75) is 308 Å². The van der Waals surface area contributed by atoms with Crippen molar-refractivity contribution in [2.24, 2.45) is 0 Å². The molecule has 1 amide bonds.